The minimum Gasteiger partial charge on any atom is -0.478 e. The lowest BCUT2D eigenvalue weighted by atomic mass is 10.1. The fourth-order valence-electron chi connectivity index (χ4n) is 2.60. The normalized spacial score (nSPS) is 13.3. The molecule has 1 N–H and O–H groups in total. The van der Waals surface area contributed by atoms with Crippen LogP contribution >= 0.6 is 11.3 Å². The van der Waals surface area contributed by atoms with E-state index in [2.05, 4.69) is 4.98 Å². The minimum absolute atomic E-state index is 0.0556. The average molecular weight is 302 g/mol. The number of benzene rings is 1. The fourth-order valence-corrected chi connectivity index (χ4v) is 3.47. The Morgan fingerprint density at radius 1 is 1.33 bits per heavy atom. The third-order valence-corrected chi connectivity index (χ3v) is 4.63. The van der Waals surface area contributed by atoms with Gasteiger partial charge in [0.25, 0.3) is 5.91 Å². The standard InChI is InChI=1S/C15H14N2O3S/c1-8-13(21-9(2)16-8)14(18)17-6-5-10-7-11(15(19)20)3-4-12(10)17/h3-4,7H,5-6H2,1-2H3,(H,19,20). The molecule has 5 nitrogen and oxygen atoms in total. The number of thiazole rings is 1. The third-order valence-electron chi connectivity index (χ3n) is 3.56. The highest BCUT2D eigenvalue weighted by Crippen LogP contribution is 2.31. The summed E-state index contributed by atoms with van der Waals surface area (Å²) < 4.78 is 0. The molecule has 2 heterocycles. The Bertz CT molecular complexity index is 751. The Hall–Kier alpha value is -2.21. The van der Waals surface area contributed by atoms with E-state index in [1.54, 1.807) is 17.0 Å². The van der Waals surface area contributed by atoms with Gasteiger partial charge in [0.2, 0.25) is 0 Å². The predicted molar refractivity (Wildman–Crippen MR) is 80.4 cm³/mol. The molecule has 0 atom stereocenters. The first-order valence-electron chi connectivity index (χ1n) is 6.59. The SMILES string of the molecule is Cc1nc(C)c(C(=O)N2CCc3cc(C(=O)O)ccc32)s1. The van der Waals surface area contributed by atoms with Crippen LogP contribution in [0.4, 0.5) is 5.69 Å². The summed E-state index contributed by atoms with van der Waals surface area (Å²) in [5.41, 5.74) is 2.71. The number of hydrogen-bond acceptors (Lipinski definition) is 4. The zero-order chi connectivity index (χ0) is 15.1. The lowest BCUT2D eigenvalue weighted by Gasteiger charge is -2.16. The van der Waals surface area contributed by atoms with Gasteiger partial charge in [0.15, 0.2) is 0 Å². The average Bonchev–Trinajstić information content (AvgIpc) is 3.00. The maximum Gasteiger partial charge on any atom is 0.335 e. The topological polar surface area (TPSA) is 70.5 Å². The Morgan fingerprint density at radius 2 is 2.10 bits per heavy atom. The number of carbonyl (C=O) groups excluding carboxylic acids is 1. The molecule has 0 fully saturated rings. The Labute approximate surface area is 125 Å². The van der Waals surface area contributed by atoms with Crippen LogP contribution in [0.1, 0.15) is 36.3 Å². The molecule has 1 aliphatic rings. The molecule has 0 aliphatic carbocycles. The summed E-state index contributed by atoms with van der Waals surface area (Å²) >= 11 is 1.40. The van der Waals surface area contributed by atoms with E-state index in [-0.39, 0.29) is 11.5 Å². The van der Waals surface area contributed by atoms with Gasteiger partial charge < -0.3 is 10.0 Å². The molecule has 0 unspecified atom stereocenters. The van der Waals surface area contributed by atoms with Gasteiger partial charge in [-0.25, -0.2) is 9.78 Å². The number of aromatic carboxylic acids is 1. The van der Waals surface area contributed by atoms with E-state index in [1.807, 2.05) is 13.8 Å². The number of fused-ring (bicyclic) bond motifs is 1. The summed E-state index contributed by atoms with van der Waals surface area (Å²) in [6, 6.07) is 4.90. The van der Waals surface area contributed by atoms with Crippen molar-refractivity contribution < 1.29 is 14.7 Å². The van der Waals surface area contributed by atoms with E-state index in [0.717, 1.165) is 22.0 Å². The molecule has 0 saturated heterocycles. The van der Waals surface area contributed by atoms with Crippen molar-refractivity contribution in [2.75, 3.05) is 11.4 Å². The highest BCUT2D eigenvalue weighted by molar-refractivity contribution is 7.13. The molecule has 0 saturated carbocycles. The number of hydrogen-bond donors (Lipinski definition) is 1. The van der Waals surface area contributed by atoms with Crippen LogP contribution in [0.5, 0.6) is 0 Å². The number of anilines is 1. The number of amides is 1. The highest BCUT2D eigenvalue weighted by Gasteiger charge is 2.28. The van der Waals surface area contributed by atoms with Crippen LogP contribution in [0.2, 0.25) is 0 Å². The maximum atomic E-state index is 12.6. The van der Waals surface area contributed by atoms with Crippen molar-refractivity contribution in [3.05, 3.63) is 44.9 Å². The summed E-state index contributed by atoms with van der Waals surface area (Å²) in [5.74, 6) is -1.00. The molecule has 3 rings (SSSR count). The van der Waals surface area contributed by atoms with Crippen molar-refractivity contribution in [3.63, 3.8) is 0 Å². The lowest BCUT2D eigenvalue weighted by molar-refractivity contribution is 0.0696. The molecule has 0 radical (unpaired) electrons. The summed E-state index contributed by atoms with van der Waals surface area (Å²) in [7, 11) is 0. The van der Waals surface area contributed by atoms with E-state index in [1.165, 1.54) is 17.4 Å². The van der Waals surface area contributed by atoms with E-state index in [9.17, 15) is 9.59 Å². The second-order valence-corrected chi connectivity index (χ2v) is 6.21. The second-order valence-electron chi connectivity index (χ2n) is 5.00. The van der Waals surface area contributed by atoms with Crippen molar-refractivity contribution >= 4 is 28.9 Å². The number of nitrogens with zero attached hydrogens (tertiary/aromatic N) is 2. The first-order chi connectivity index (χ1) is 9.97. The number of rotatable bonds is 2. The Kier molecular flexibility index (Phi) is 3.25. The second kappa shape index (κ2) is 4.96. The quantitative estimate of drug-likeness (QED) is 0.926. The monoisotopic (exact) mass is 302 g/mol. The van der Waals surface area contributed by atoms with Gasteiger partial charge in [-0.2, -0.15) is 0 Å². The van der Waals surface area contributed by atoms with Crippen LogP contribution in [-0.4, -0.2) is 28.5 Å². The van der Waals surface area contributed by atoms with Gasteiger partial charge in [-0.3, -0.25) is 4.79 Å². The minimum atomic E-state index is -0.948. The van der Waals surface area contributed by atoms with Gasteiger partial charge in [-0.15, -0.1) is 11.3 Å². The molecule has 1 aliphatic heterocycles. The van der Waals surface area contributed by atoms with Crippen LogP contribution < -0.4 is 4.90 Å². The van der Waals surface area contributed by atoms with Crippen molar-refractivity contribution in [2.24, 2.45) is 0 Å². The molecule has 0 bridgehead atoms. The van der Waals surface area contributed by atoms with E-state index >= 15 is 0 Å². The number of carboxylic acid groups (broad SMARTS) is 1. The van der Waals surface area contributed by atoms with Crippen LogP contribution in [0.15, 0.2) is 18.2 Å². The van der Waals surface area contributed by atoms with Gasteiger partial charge in [0.05, 0.1) is 16.3 Å². The van der Waals surface area contributed by atoms with Crippen molar-refractivity contribution in [1.29, 1.82) is 0 Å². The molecule has 1 aromatic carbocycles. The largest absolute Gasteiger partial charge is 0.478 e. The van der Waals surface area contributed by atoms with Gasteiger partial charge in [-0.1, -0.05) is 0 Å². The number of carboxylic acids is 1. The summed E-state index contributed by atoms with van der Waals surface area (Å²) in [4.78, 5) is 30.3. The Morgan fingerprint density at radius 3 is 2.71 bits per heavy atom. The van der Waals surface area contributed by atoms with Crippen molar-refractivity contribution in [2.45, 2.75) is 20.3 Å². The van der Waals surface area contributed by atoms with Crippen LogP contribution in [0, 0.1) is 13.8 Å². The van der Waals surface area contributed by atoms with Crippen molar-refractivity contribution in [1.82, 2.24) is 4.98 Å². The van der Waals surface area contributed by atoms with Gasteiger partial charge in [0.1, 0.15) is 4.88 Å². The maximum absolute atomic E-state index is 12.6. The smallest absolute Gasteiger partial charge is 0.335 e. The molecule has 108 valence electrons. The first-order valence-corrected chi connectivity index (χ1v) is 7.41. The molecule has 2 aromatic rings. The van der Waals surface area contributed by atoms with Gasteiger partial charge in [-0.05, 0) is 44.0 Å². The zero-order valence-electron chi connectivity index (χ0n) is 11.7. The van der Waals surface area contributed by atoms with E-state index < -0.39 is 5.97 Å². The summed E-state index contributed by atoms with van der Waals surface area (Å²) in [6.45, 7) is 4.29. The third kappa shape index (κ3) is 2.31. The molecule has 1 amide bonds. The van der Waals surface area contributed by atoms with Gasteiger partial charge >= 0.3 is 5.97 Å². The van der Waals surface area contributed by atoms with Crippen molar-refractivity contribution in [3.8, 4) is 0 Å². The summed E-state index contributed by atoms with van der Waals surface area (Å²) in [6.07, 6.45) is 0.680. The zero-order valence-corrected chi connectivity index (χ0v) is 12.5. The molecule has 0 spiro atoms. The van der Waals surface area contributed by atoms with Gasteiger partial charge in [0, 0.05) is 12.2 Å². The number of carbonyl (C=O) groups is 2. The molecule has 21 heavy (non-hydrogen) atoms. The molecule has 6 heteroatoms. The predicted octanol–water partition coefficient (Wildman–Crippen LogP) is 2.66. The lowest BCUT2D eigenvalue weighted by Crippen LogP contribution is -2.28. The number of aromatic nitrogens is 1. The van der Waals surface area contributed by atoms with Crippen LogP contribution in [0.25, 0.3) is 0 Å². The Balaban J connectivity index is 1.96. The number of aryl methyl sites for hydroxylation is 2. The fraction of sp³-hybridized carbons (Fsp3) is 0.267. The molecule has 1 aromatic heterocycles. The first kappa shape index (κ1) is 13.8. The van der Waals surface area contributed by atoms with Crippen LogP contribution in [0.3, 0.4) is 0 Å². The van der Waals surface area contributed by atoms with Crippen LogP contribution in [-0.2, 0) is 6.42 Å². The molecular formula is C15H14N2O3S. The molecular weight excluding hydrogens is 288 g/mol. The van der Waals surface area contributed by atoms with E-state index in [0.29, 0.717) is 17.8 Å². The highest BCUT2D eigenvalue weighted by atomic mass is 32.1. The van der Waals surface area contributed by atoms with E-state index in [4.69, 9.17) is 5.11 Å². The summed E-state index contributed by atoms with van der Waals surface area (Å²) in [5, 5.41) is 9.89.